The van der Waals surface area contributed by atoms with Crippen LogP contribution in [0.4, 0.5) is 4.39 Å². The lowest BCUT2D eigenvalue weighted by molar-refractivity contribution is 0.629. The van der Waals surface area contributed by atoms with Crippen LogP contribution in [0.2, 0.25) is 0 Å². The van der Waals surface area contributed by atoms with Crippen LogP contribution >= 0.6 is 0 Å². The van der Waals surface area contributed by atoms with Gasteiger partial charge < -0.3 is 9.88 Å². The molecule has 4 heteroatoms. The average molecular weight is 281 g/mol. The Morgan fingerprint density at radius 1 is 1.19 bits per heavy atom. The highest BCUT2D eigenvalue weighted by atomic mass is 19.1. The number of hydrogen-bond donors (Lipinski definition) is 1. The summed E-state index contributed by atoms with van der Waals surface area (Å²) in [6.45, 7) is 1.07. The number of benzene rings is 1. The van der Waals surface area contributed by atoms with E-state index < -0.39 is 0 Å². The Kier molecular flexibility index (Phi) is 2.97. The molecule has 0 saturated carbocycles. The number of fused-ring (bicyclic) bond motifs is 1. The second kappa shape index (κ2) is 4.97. The van der Waals surface area contributed by atoms with E-state index >= 15 is 0 Å². The highest BCUT2D eigenvalue weighted by Crippen LogP contribution is 2.25. The molecule has 106 valence electrons. The summed E-state index contributed by atoms with van der Waals surface area (Å²) in [5.74, 6) is 0.609. The van der Waals surface area contributed by atoms with Gasteiger partial charge in [0.15, 0.2) is 0 Å². The lowest BCUT2D eigenvalue weighted by Gasteiger charge is -2.12. The van der Waals surface area contributed by atoms with Crippen LogP contribution in [0.1, 0.15) is 24.4 Å². The molecule has 1 saturated heterocycles. The lowest BCUT2D eigenvalue weighted by Crippen LogP contribution is -2.13. The third-order valence-electron chi connectivity index (χ3n) is 4.13. The minimum Gasteiger partial charge on any atom is -0.310 e. The SMILES string of the molecule is Fc1ccc2ccn(-c3cc([C@@H]4CCCN4)ccn3)c2c1. The van der Waals surface area contributed by atoms with Crippen molar-refractivity contribution >= 4 is 10.9 Å². The average Bonchev–Trinajstić information content (AvgIpc) is 3.16. The first-order valence-electron chi connectivity index (χ1n) is 7.27. The van der Waals surface area contributed by atoms with Gasteiger partial charge in [0.05, 0.1) is 5.52 Å². The fourth-order valence-corrected chi connectivity index (χ4v) is 3.05. The maximum Gasteiger partial charge on any atom is 0.137 e. The van der Waals surface area contributed by atoms with Crippen LogP contribution in [0, 0.1) is 5.82 Å². The second-order valence-electron chi connectivity index (χ2n) is 5.49. The van der Waals surface area contributed by atoms with Crippen molar-refractivity contribution in [1.82, 2.24) is 14.9 Å². The molecule has 2 aromatic heterocycles. The van der Waals surface area contributed by atoms with Gasteiger partial charge in [0, 0.05) is 23.8 Å². The third-order valence-corrected chi connectivity index (χ3v) is 4.13. The van der Waals surface area contributed by atoms with Gasteiger partial charge in [0.25, 0.3) is 0 Å². The zero-order valence-electron chi connectivity index (χ0n) is 11.6. The summed E-state index contributed by atoms with van der Waals surface area (Å²) in [5.41, 5.74) is 2.09. The first-order valence-corrected chi connectivity index (χ1v) is 7.27. The van der Waals surface area contributed by atoms with E-state index in [0.717, 1.165) is 29.7 Å². The first-order chi connectivity index (χ1) is 10.3. The standard InChI is InChI=1S/C17H16FN3/c18-14-4-3-12-6-9-21(16(12)11-14)17-10-13(5-8-20-17)15-2-1-7-19-15/h3-6,8-11,15,19H,1-2,7H2/t15-/m0/s1. The number of rotatable bonds is 2. The molecule has 1 aliphatic rings. The topological polar surface area (TPSA) is 29.9 Å². The van der Waals surface area contributed by atoms with Gasteiger partial charge in [-0.3, -0.25) is 0 Å². The molecule has 4 rings (SSSR count). The highest BCUT2D eigenvalue weighted by Gasteiger charge is 2.17. The van der Waals surface area contributed by atoms with Gasteiger partial charge in [0.2, 0.25) is 0 Å². The predicted molar refractivity (Wildman–Crippen MR) is 81.0 cm³/mol. The molecule has 1 aromatic carbocycles. The number of halogens is 1. The molecular formula is C17H16FN3. The molecule has 1 aliphatic heterocycles. The van der Waals surface area contributed by atoms with Gasteiger partial charge in [-0.1, -0.05) is 0 Å². The molecular weight excluding hydrogens is 265 g/mol. The first kappa shape index (κ1) is 12.5. The number of aromatic nitrogens is 2. The second-order valence-corrected chi connectivity index (χ2v) is 5.49. The summed E-state index contributed by atoms with van der Waals surface area (Å²) >= 11 is 0. The minimum absolute atomic E-state index is 0.226. The maximum atomic E-state index is 13.5. The highest BCUT2D eigenvalue weighted by molar-refractivity contribution is 5.81. The van der Waals surface area contributed by atoms with Crippen molar-refractivity contribution in [3.8, 4) is 5.82 Å². The quantitative estimate of drug-likeness (QED) is 0.778. The van der Waals surface area contributed by atoms with Crippen LogP contribution in [0.25, 0.3) is 16.7 Å². The minimum atomic E-state index is -0.226. The smallest absolute Gasteiger partial charge is 0.137 e. The molecule has 3 heterocycles. The van der Waals surface area contributed by atoms with E-state index in [4.69, 9.17) is 0 Å². The van der Waals surface area contributed by atoms with Crippen LogP contribution in [0.15, 0.2) is 48.8 Å². The fourth-order valence-electron chi connectivity index (χ4n) is 3.05. The fraction of sp³-hybridized carbons (Fsp3) is 0.235. The molecule has 21 heavy (non-hydrogen) atoms. The Morgan fingerprint density at radius 2 is 2.14 bits per heavy atom. The molecule has 3 aromatic rings. The third kappa shape index (κ3) is 2.21. The number of hydrogen-bond acceptors (Lipinski definition) is 2. The summed E-state index contributed by atoms with van der Waals surface area (Å²) in [4.78, 5) is 4.45. The van der Waals surface area contributed by atoms with Crippen LogP contribution in [-0.2, 0) is 0 Å². The van der Waals surface area contributed by atoms with Gasteiger partial charge in [-0.2, -0.15) is 0 Å². The number of pyridine rings is 1. The largest absolute Gasteiger partial charge is 0.310 e. The monoisotopic (exact) mass is 281 g/mol. The Morgan fingerprint density at radius 3 is 3.00 bits per heavy atom. The lowest BCUT2D eigenvalue weighted by atomic mass is 10.1. The van der Waals surface area contributed by atoms with E-state index in [9.17, 15) is 4.39 Å². The zero-order chi connectivity index (χ0) is 14.2. The molecule has 3 nitrogen and oxygen atoms in total. The summed E-state index contributed by atoms with van der Waals surface area (Å²) in [7, 11) is 0. The Bertz CT molecular complexity index is 788. The number of nitrogens with one attached hydrogen (secondary N) is 1. The normalized spacial score (nSPS) is 18.4. The van der Waals surface area contributed by atoms with Gasteiger partial charge in [-0.25, -0.2) is 9.37 Å². The summed E-state index contributed by atoms with van der Waals surface area (Å²) < 4.78 is 15.4. The van der Waals surface area contributed by atoms with E-state index in [1.165, 1.54) is 18.1 Å². The van der Waals surface area contributed by atoms with Crippen molar-refractivity contribution in [1.29, 1.82) is 0 Å². The Balaban J connectivity index is 1.81. The van der Waals surface area contributed by atoms with Gasteiger partial charge >= 0.3 is 0 Å². The molecule has 0 amide bonds. The summed E-state index contributed by atoms with van der Waals surface area (Å²) in [6, 6.07) is 11.4. The van der Waals surface area contributed by atoms with E-state index in [2.05, 4.69) is 22.4 Å². The maximum absolute atomic E-state index is 13.5. The molecule has 0 aliphatic carbocycles. The molecule has 0 unspecified atom stereocenters. The van der Waals surface area contributed by atoms with Crippen LogP contribution in [0.5, 0.6) is 0 Å². The molecule has 1 atom stereocenters. The molecule has 0 spiro atoms. The van der Waals surface area contributed by atoms with Crippen molar-refractivity contribution in [2.45, 2.75) is 18.9 Å². The Labute approximate surface area is 122 Å². The van der Waals surface area contributed by atoms with E-state index in [-0.39, 0.29) is 5.82 Å². The van der Waals surface area contributed by atoms with Crippen molar-refractivity contribution in [3.05, 3.63) is 60.2 Å². The Hall–Kier alpha value is -2.20. The molecule has 0 radical (unpaired) electrons. The van der Waals surface area contributed by atoms with Gasteiger partial charge in [-0.05, 0) is 61.3 Å². The molecule has 1 N–H and O–H groups in total. The summed E-state index contributed by atoms with van der Waals surface area (Å²) in [6.07, 6.45) is 6.14. The summed E-state index contributed by atoms with van der Waals surface area (Å²) in [5, 5.41) is 4.51. The van der Waals surface area contributed by atoms with Crippen molar-refractivity contribution in [2.24, 2.45) is 0 Å². The van der Waals surface area contributed by atoms with Gasteiger partial charge in [-0.15, -0.1) is 0 Å². The van der Waals surface area contributed by atoms with E-state index in [1.54, 1.807) is 12.1 Å². The van der Waals surface area contributed by atoms with Crippen molar-refractivity contribution < 1.29 is 4.39 Å². The van der Waals surface area contributed by atoms with E-state index in [0.29, 0.717) is 6.04 Å². The zero-order valence-corrected chi connectivity index (χ0v) is 11.6. The molecule has 1 fully saturated rings. The van der Waals surface area contributed by atoms with E-state index in [1.807, 2.05) is 23.0 Å². The van der Waals surface area contributed by atoms with Crippen molar-refractivity contribution in [3.63, 3.8) is 0 Å². The predicted octanol–water partition coefficient (Wildman–Crippen LogP) is 3.59. The van der Waals surface area contributed by atoms with Crippen LogP contribution < -0.4 is 5.32 Å². The van der Waals surface area contributed by atoms with Crippen LogP contribution in [-0.4, -0.2) is 16.1 Å². The molecule has 0 bridgehead atoms. The van der Waals surface area contributed by atoms with Crippen LogP contribution in [0.3, 0.4) is 0 Å². The van der Waals surface area contributed by atoms with Crippen molar-refractivity contribution in [2.75, 3.05) is 6.54 Å². The number of nitrogens with zero attached hydrogens (tertiary/aromatic N) is 2. The van der Waals surface area contributed by atoms with Gasteiger partial charge in [0.1, 0.15) is 11.6 Å².